The number of hydrogen-bond donors (Lipinski definition) is 1. The van der Waals surface area contributed by atoms with Gasteiger partial charge in [0.2, 0.25) is 0 Å². The third-order valence-electron chi connectivity index (χ3n) is 3.49. The summed E-state index contributed by atoms with van der Waals surface area (Å²) in [7, 11) is 3.84. The first-order valence-electron chi connectivity index (χ1n) is 6.03. The first kappa shape index (κ1) is 12.9. The minimum atomic E-state index is 0.0206. The minimum Gasteiger partial charge on any atom is -0.379 e. The van der Waals surface area contributed by atoms with Crippen LogP contribution in [0.4, 0.5) is 0 Å². The fourth-order valence-electron chi connectivity index (χ4n) is 2.17. The highest BCUT2D eigenvalue weighted by atomic mass is 16.5. The van der Waals surface area contributed by atoms with Crippen LogP contribution in [0, 0.1) is 0 Å². The summed E-state index contributed by atoms with van der Waals surface area (Å²) in [4.78, 5) is 2.59. The number of methoxy groups -OCH3 is 1. The summed E-state index contributed by atoms with van der Waals surface area (Å²) < 4.78 is 5.45. The lowest BCUT2D eigenvalue weighted by Gasteiger charge is -2.29. The normalized spacial score (nSPS) is 23.6. The van der Waals surface area contributed by atoms with E-state index in [1.807, 2.05) is 7.05 Å². The van der Waals surface area contributed by atoms with Gasteiger partial charge in [-0.2, -0.15) is 0 Å². The molecular weight excluding hydrogens is 188 g/mol. The van der Waals surface area contributed by atoms with Crippen LogP contribution in [-0.4, -0.2) is 50.3 Å². The molecule has 1 rings (SSSR count). The van der Waals surface area contributed by atoms with Crippen molar-refractivity contribution < 1.29 is 4.74 Å². The zero-order chi connectivity index (χ0) is 11.3. The number of likely N-dealkylation sites (N-methyl/N-ethyl adjacent to an activating group) is 1. The van der Waals surface area contributed by atoms with Crippen LogP contribution in [0.5, 0.6) is 0 Å². The Labute approximate surface area is 94.2 Å². The van der Waals surface area contributed by atoms with Gasteiger partial charge in [-0.05, 0) is 46.7 Å². The van der Waals surface area contributed by atoms with Crippen LogP contribution >= 0.6 is 0 Å². The van der Waals surface area contributed by atoms with E-state index in [0.717, 1.165) is 25.6 Å². The van der Waals surface area contributed by atoms with Gasteiger partial charge >= 0.3 is 0 Å². The highest BCUT2D eigenvalue weighted by Gasteiger charge is 2.26. The van der Waals surface area contributed by atoms with Crippen molar-refractivity contribution in [3.05, 3.63) is 0 Å². The van der Waals surface area contributed by atoms with E-state index in [1.165, 1.54) is 19.4 Å². The Balaban J connectivity index is 2.31. The number of nitrogens with one attached hydrogen (secondary N) is 1. The lowest BCUT2D eigenvalue weighted by Crippen LogP contribution is -2.39. The molecule has 1 atom stereocenters. The standard InChI is InChI=1S/C12H26N2O/c1-12(2,15-4)7-9-14-8-5-6-11(14)10-13-3/h11,13H,5-10H2,1-4H3. The molecule has 90 valence electrons. The van der Waals surface area contributed by atoms with Crippen molar-refractivity contribution in [3.8, 4) is 0 Å². The summed E-state index contributed by atoms with van der Waals surface area (Å²) in [5, 5.41) is 3.28. The van der Waals surface area contributed by atoms with E-state index in [0.29, 0.717) is 0 Å². The van der Waals surface area contributed by atoms with E-state index in [-0.39, 0.29) is 5.60 Å². The van der Waals surface area contributed by atoms with Crippen LogP contribution in [0.1, 0.15) is 33.1 Å². The van der Waals surface area contributed by atoms with E-state index < -0.39 is 0 Å². The summed E-state index contributed by atoms with van der Waals surface area (Å²) in [5.74, 6) is 0. The van der Waals surface area contributed by atoms with E-state index in [9.17, 15) is 0 Å². The van der Waals surface area contributed by atoms with Gasteiger partial charge in [-0.1, -0.05) is 0 Å². The highest BCUT2D eigenvalue weighted by molar-refractivity contribution is 4.82. The van der Waals surface area contributed by atoms with E-state index >= 15 is 0 Å². The minimum absolute atomic E-state index is 0.0206. The maximum absolute atomic E-state index is 5.45. The maximum Gasteiger partial charge on any atom is 0.0634 e. The maximum atomic E-state index is 5.45. The quantitative estimate of drug-likeness (QED) is 0.725. The third kappa shape index (κ3) is 4.09. The van der Waals surface area contributed by atoms with E-state index in [4.69, 9.17) is 4.74 Å². The number of ether oxygens (including phenoxy) is 1. The average molecular weight is 214 g/mol. The largest absolute Gasteiger partial charge is 0.379 e. The van der Waals surface area contributed by atoms with Gasteiger partial charge < -0.3 is 10.1 Å². The van der Waals surface area contributed by atoms with Crippen LogP contribution in [-0.2, 0) is 4.74 Å². The fraction of sp³-hybridized carbons (Fsp3) is 1.00. The number of likely N-dealkylation sites (tertiary alicyclic amines) is 1. The predicted molar refractivity (Wildman–Crippen MR) is 64.2 cm³/mol. The van der Waals surface area contributed by atoms with Gasteiger partial charge in [0.05, 0.1) is 5.60 Å². The number of nitrogens with zero attached hydrogens (tertiary/aromatic N) is 1. The zero-order valence-electron chi connectivity index (χ0n) is 10.7. The Bertz CT molecular complexity index is 182. The molecule has 1 saturated heterocycles. The number of hydrogen-bond acceptors (Lipinski definition) is 3. The molecule has 1 aliphatic heterocycles. The topological polar surface area (TPSA) is 24.5 Å². The molecular formula is C12H26N2O. The molecule has 15 heavy (non-hydrogen) atoms. The average Bonchev–Trinajstić information content (AvgIpc) is 2.64. The SMILES string of the molecule is CNCC1CCCN1CCC(C)(C)OC. The molecule has 0 aromatic carbocycles. The van der Waals surface area contributed by atoms with E-state index in [1.54, 1.807) is 7.11 Å². The van der Waals surface area contributed by atoms with Gasteiger partial charge in [0.25, 0.3) is 0 Å². The third-order valence-corrected chi connectivity index (χ3v) is 3.49. The van der Waals surface area contributed by atoms with E-state index in [2.05, 4.69) is 24.1 Å². The van der Waals surface area contributed by atoms with Crippen LogP contribution in [0.25, 0.3) is 0 Å². The van der Waals surface area contributed by atoms with Crippen LogP contribution in [0.15, 0.2) is 0 Å². The monoisotopic (exact) mass is 214 g/mol. The second-order valence-corrected chi connectivity index (χ2v) is 5.10. The Morgan fingerprint density at radius 2 is 2.20 bits per heavy atom. The van der Waals surface area contributed by atoms with Crippen LogP contribution in [0.3, 0.4) is 0 Å². The molecule has 0 amide bonds. The molecule has 0 spiro atoms. The highest BCUT2D eigenvalue weighted by Crippen LogP contribution is 2.20. The smallest absolute Gasteiger partial charge is 0.0634 e. The Hall–Kier alpha value is -0.120. The van der Waals surface area contributed by atoms with Crippen LogP contribution in [0.2, 0.25) is 0 Å². The Kier molecular flexibility index (Phi) is 5.03. The van der Waals surface area contributed by atoms with Crippen molar-refractivity contribution in [2.75, 3.05) is 33.8 Å². The number of rotatable bonds is 6. The molecule has 1 N–H and O–H groups in total. The molecule has 0 aliphatic carbocycles. The zero-order valence-corrected chi connectivity index (χ0v) is 10.7. The second-order valence-electron chi connectivity index (χ2n) is 5.10. The lowest BCUT2D eigenvalue weighted by atomic mass is 10.0. The van der Waals surface area contributed by atoms with Crippen molar-refractivity contribution >= 4 is 0 Å². The van der Waals surface area contributed by atoms with Gasteiger partial charge in [-0.3, -0.25) is 4.90 Å². The summed E-state index contributed by atoms with van der Waals surface area (Å²) >= 11 is 0. The van der Waals surface area contributed by atoms with Gasteiger partial charge in [-0.15, -0.1) is 0 Å². The molecule has 3 heteroatoms. The van der Waals surface area contributed by atoms with Gasteiger partial charge in [0.1, 0.15) is 0 Å². The lowest BCUT2D eigenvalue weighted by molar-refractivity contribution is 0.00657. The van der Waals surface area contributed by atoms with Crippen molar-refractivity contribution in [1.29, 1.82) is 0 Å². The van der Waals surface area contributed by atoms with Crippen LogP contribution < -0.4 is 5.32 Å². The van der Waals surface area contributed by atoms with Crippen molar-refractivity contribution in [1.82, 2.24) is 10.2 Å². The predicted octanol–water partition coefficient (Wildman–Crippen LogP) is 1.49. The molecule has 0 saturated carbocycles. The molecule has 1 fully saturated rings. The first-order valence-corrected chi connectivity index (χ1v) is 6.03. The molecule has 0 aromatic rings. The molecule has 1 unspecified atom stereocenters. The van der Waals surface area contributed by atoms with Crippen molar-refractivity contribution in [2.24, 2.45) is 0 Å². The molecule has 3 nitrogen and oxygen atoms in total. The molecule has 1 heterocycles. The second kappa shape index (κ2) is 5.83. The molecule has 1 aliphatic rings. The van der Waals surface area contributed by atoms with Crippen molar-refractivity contribution in [3.63, 3.8) is 0 Å². The first-order chi connectivity index (χ1) is 7.09. The summed E-state index contributed by atoms with van der Waals surface area (Å²) in [6.07, 6.45) is 3.80. The Morgan fingerprint density at radius 3 is 2.80 bits per heavy atom. The summed E-state index contributed by atoms with van der Waals surface area (Å²) in [6, 6.07) is 0.739. The van der Waals surface area contributed by atoms with Crippen molar-refractivity contribution in [2.45, 2.75) is 44.8 Å². The van der Waals surface area contributed by atoms with Gasteiger partial charge in [0.15, 0.2) is 0 Å². The van der Waals surface area contributed by atoms with Gasteiger partial charge in [0, 0.05) is 26.2 Å². The molecule has 0 aromatic heterocycles. The summed E-state index contributed by atoms with van der Waals surface area (Å²) in [6.45, 7) is 7.86. The fourth-order valence-corrected chi connectivity index (χ4v) is 2.17. The van der Waals surface area contributed by atoms with Gasteiger partial charge in [-0.25, -0.2) is 0 Å². The summed E-state index contributed by atoms with van der Waals surface area (Å²) in [5.41, 5.74) is 0.0206. The molecule has 0 radical (unpaired) electrons. The Morgan fingerprint density at radius 1 is 1.47 bits per heavy atom. The molecule has 0 bridgehead atoms.